The van der Waals surface area contributed by atoms with Gasteiger partial charge in [-0.2, -0.15) is 0 Å². The molecular weight excluding hydrogens is 184 g/mol. The maximum Gasteiger partial charge on any atom is 0.122 e. The molecule has 0 saturated heterocycles. The number of hydrogen-bond acceptors (Lipinski definition) is 1. The third kappa shape index (κ3) is 3.28. The van der Waals surface area contributed by atoms with Crippen molar-refractivity contribution in [2.75, 3.05) is 0 Å². The summed E-state index contributed by atoms with van der Waals surface area (Å²) in [4.78, 5) is 0. The fourth-order valence-corrected chi connectivity index (χ4v) is 1.58. The lowest BCUT2D eigenvalue weighted by molar-refractivity contribution is 0.463. The van der Waals surface area contributed by atoms with Gasteiger partial charge in [-0.25, -0.2) is 0 Å². The zero-order valence-electron chi connectivity index (χ0n) is 9.51. The molecule has 1 aromatic carbocycles. The Morgan fingerprint density at radius 1 is 1.07 bits per heavy atom. The third-order valence-corrected chi connectivity index (χ3v) is 2.19. The minimum atomic E-state index is 0.392. The van der Waals surface area contributed by atoms with Crippen LogP contribution in [0.15, 0.2) is 42.5 Å². The first-order chi connectivity index (χ1) is 7.00. The second kappa shape index (κ2) is 4.83. The highest BCUT2D eigenvalue weighted by atomic mass is 16.3. The standard InChI is InChI=1S/C14H18O/c1-10(2)8-12-6-5-7-13(14(12)15)9-11(3)4/h5-7,15H,1,3,8-9H2,2,4H3. The van der Waals surface area contributed by atoms with Crippen LogP contribution in [-0.2, 0) is 12.8 Å². The van der Waals surface area contributed by atoms with E-state index in [4.69, 9.17) is 0 Å². The van der Waals surface area contributed by atoms with E-state index in [0.29, 0.717) is 5.75 Å². The molecule has 1 aromatic rings. The SMILES string of the molecule is C=C(C)Cc1cccc(CC(=C)C)c1O. The van der Waals surface area contributed by atoms with Crippen molar-refractivity contribution < 1.29 is 5.11 Å². The highest BCUT2D eigenvalue weighted by Crippen LogP contribution is 2.26. The van der Waals surface area contributed by atoms with Crippen molar-refractivity contribution in [3.05, 3.63) is 53.6 Å². The van der Waals surface area contributed by atoms with Gasteiger partial charge < -0.3 is 5.11 Å². The van der Waals surface area contributed by atoms with Gasteiger partial charge in [0, 0.05) is 0 Å². The van der Waals surface area contributed by atoms with Crippen molar-refractivity contribution >= 4 is 0 Å². The summed E-state index contributed by atoms with van der Waals surface area (Å²) in [5, 5.41) is 10.0. The van der Waals surface area contributed by atoms with Gasteiger partial charge in [0.25, 0.3) is 0 Å². The van der Waals surface area contributed by atoms with E-state index in [0.717, 1.165) is 35.1 Å². The fraction of sp³-hybridized carbons (Fsp3) is 0.286. The van der Waals surface area contributed by atoms with Crippen LogP contribution in [0.5, 0.6) is 5.75 Å². The van der Waals surface area contributed by atoms with Gasteiger partial charge >= 0.3 is 0 Å². The molecule has 1 rings (SSSR count). The highest BCUT2D eigenvalue weighted by Gasteiger charge is 2.06. The summed E-state index contributed by atoms with van der Waals surface area (Å²) in [5.74, 6) is 0.392. The van der Waals surface area contributed by atoms with Gasteiger partial charge in [-0.1, -0.05) is 42.5 Å². The van der Waals surface area contributed by atoms with Crippen LogP contribution < -0.4 is 0 Å². The Labute approximate surface area is 91.8 Å². The predicted molar refractivity (Wildman–Crippen MR) is 65.1 cm³/mol. The van der Waals surface area contributed by atoms with Gasteiger partial charge in [0.05, 0.1) is 0 Å². The molecule has 0 fully saturated rings. The maximum atomic E-state index is 10.0. The minimum Gasteiger partial charge on any atom is -0.507 e. The Kier molecular flexibility index (Phi) is 3.73. The van der Waals surface area contributed by atoms with Crippen molar-refractivity contribution in [3.63, 3.8) is 0 Å². The second-order valence-electron chi connectivity index (χ2n) is 4.19. The van der Waals surface area contributed by atoms with E-state index >= 15 is 0 Å². The molecule has 1 heteroatoms. The Hall–Kier alpha value is -1.50. The van der Waals surface area contributed by atoms with Crippen molar-refractivity contribution in [3.8, 4) is 5.75 Å². The van der Waals surface area contributed by atoms with Crippen LogP contribution in [0.1, 0.15) is 25.0 Å². The smallest absolute Gasteiger partial charge is 0.122 e. The molecule has 0 bridgehead atoms. The molecule has 80 valence electrons. The molecular formula is C14H18O. The number of para-hydroxylation sites is 1. The van der Waals surface area contributed by atoms with Crippen LogP contribution in [0.4, 0.5) is 0 Å². The van der Waals surface area contributed by atoms with E-state index in [2.05, 4.69) is 13.2 Å². The molecule has 0 aliphatic rings. The van der Waals surface area contributed by atoms with Crippen LogP contribution in [0.3, 0.4) is 0 Å². The Bertz CT molecular complexity index is 354. The van der Waals surface area contributed by atoms with Gasteiger partial charge in [0.1, 0.15) is 5.75 Å². The van der Waals surface area contributed by atoms with Crippen molar-refractivity contribution in [1.29, 1.82) is 0 Å². The summed E-state index contributed by atoms with van der Waals surface area (Å²) in [7, 11) is 0. The molecule has 0 aliphatic heterocycles. The number of benzene rings is 1. The maximum absolute atomic E-state index is 10.0. The first kappa shape index (κ1) is 11.6. The third-order valence-electron chi connectivity index (χ3n) is 2.19. The number of phenolic OH excluding ortho intramolecular Hbond substituents is 1. The number of allylic oxidation sites excluding steroid dienone is 2. The van der Waals surface area contributed by atoms with Crippen LogP contribution in [0.25, 0.3) is 0 Å². The molecule has 0 amide bonds. The molecule has 0 aliphatic carbocycles. The molecule has 0 saturated carbocycles. The fourth-order valence-electron chi connectivity index (χ4n) is 1.58. The first-order valence-electron chi connectivity index (χ1n) is 5.09. The van der Waals surface area contributed by atoms with Crippen LogP contribution in [0.2, 0.25) is 0 Å². The molecule has 0 radical (unpaired) electrons. The van der Waals surface area contributed by atoms with E-state index in [9.17, 15) is 5.11 Å². The van der Waals surface area contributed by atoms with Gasteiger partial charge in [0.2, 0.25) is 0 Å². The number of phenols is 1. The number of aromatic hydroxyl groups is 1. The molecule has 0 unspecified atom stereocenters. The normalized spacial score (nSPS) is 10.0. The minimum absolute atomic E-state index is 0.392. The van der Waals surface area contributed by atoms with E-state index < -0.39 is 0 Å². The average molecular weight is 202 g/mol. The summed E-state index contributed by atoms with van der Waals surface area (Å²) in [6.45, 7) is 11.6. The molecule has 0 aromatic heterocycles. The average Bonchev–Trinajstić information content (AvgIpc) is 2.10. The van der Waals surface area contributed by atoms with E-state index in [1.54, 1.807) is 0 Å². The first-order valence-corrected chi connectivity index (χ1v) is 5.09. The topological polar surface area (TPSA) is 20.2 Å². The Morgan fingerprint density at radius 3 is 1.80 bits per heavy atom. The largest absolute Gasteiger partial charge is 0.507 e. The van der Waals surface area contributed by atoms with Crippen LogP contribution in [-0.4, -0.2) is 5.11 Å². The van der Waals surface area contributed by atoms with Crippen LogP contribution in [0, 0.1) is 0 Å². The van der Waals surface area contributed by atoms with Gasteiger partial charge in [-0.05, 0) is 37.8 Å². The number of rotatable bonds is 4. The van der Waals surface area contributed by atoms with Crippen molar-refractivity contribution in [1.82, 2.24) is 0 Å². The lowest BCUT2D eigenvalue weighted by Gasteiger charge is -2.09. The second-order valence-corrected chi connectivity index (χ2v) is 4.19. The Balaban J connectivity index is 2.99. The summed E-state index contributed by atoms with van der Waals surface area (Å²) >= 11 is 0. The van der Waals surface area contributed by atoms with Gasteiger partial charge in [-0.15, -0.1) is 0 Å². The molecule has 1 N–H and O–H groups in total. The molecule has 0 spiro atoms. The zero-order valence-corrected chi connectivity index (χ0v) is 9.51. The summed E-state index contributed by atoms with van der Waals surface area (Å²) in [5.41, 5.74) is 4.00. The van der Waals surface area contributed by atoms with Crippen LogP contribution >= 0.6 is 0 Å². The molecule has 0 heterocycles. The lowest BCUT2D eigenvalue weighted by Crippen LogP contribution is -1.92. The summed E-state index contributed by atoms with van der Waals surface area (Å²) in [6.07, 6.45) is 1.46. The molecule has 15 heavy (non-hydrogen) atoms. The van der Waals surface area contributed by atoms with E-state index in [1.807, 2.05) is 32.0 Å². The van der Waals surface area contributed by atoms with Crippen molar-refractivity contribution in [2.24, 2.45) is 0 Å². The van der Waals surface area contributed by atoms with Gasteiger partial charge in [-0.3, -0.25) is 0 Å². The zero-order chi connectivity index (χ0) is 11.4. The summed E-state index contributed by atoms with van der Waals surface area (Å²) in [6, 6.07) is 5.84. The van der Waals surface area contributed by atoms with Crippen molar-refractivity contribution in [2.45, 2.75) is 26.7 Å². The number of hydrogen-bond donors (Lipinski definition) is 1. The highest BCUT2D eigenvalue weighted by molar-refractivity contribution is 5.43. The summed E-state index contributed by atoms with van der Waals surface area (Å²) < 4.78 is 0. The predicted octanol–water partition coefficient (Wildman–Crippen LogP) is 3.63. The quantitative estimate of drug-likeness (QED) is 0.739. The van der Waals surface area contributed by atoms with E-state index in [1.165, 1.54) is 0 Å². The van der Waals surface area contributed by atoms with E-state index in [-0.39, 0.29) is 0 Å². The molecule has 0 atom stereocenters. The Morgan fingerprint density at radius 2 is 1.47 bits per heavy atom. The monoisotopic (exact) mass is 202 g/mol. The lowest BCUT2D eigenvalue weighted by atomic mass is 9.99. The molecule has 1 nitrogen and oxygen atoms in total. The van der Waals surface area contributed by atoms with Gasteiger partial charge in [0.15, 0.2) is 0 Å².